The van der Waals surface area contributed by atoms with Gasteiger partial charge in [-0.15, -0.1) is 5.06 Å². The van der Waals surface area contributed by atoms with Crippen molar-refractivity contribution in [1.82, 2.24) is 5.06 Å². The molecule has 0 aromatic carbocycles. The van der Waals surface area contributed by atoms with Crippen molar-refractivity contribution in [2.45, 2.75) is 26.3 Å². The Morgan fingerprint density at radius 1 is 1.39 bits per heavy atom. The SMILES string of the molecule is CC[n+]1cccc(C(=O)ON2C(=O)CCC2=O)c1. The molecule has 0 saturated carbocycles. The maximum atomic E-state index is 11.8. The molecule has 0 radical (unpaired) electrons. The molecule has 1 fully saturated rings. The van der Waals surface area contributed by atoms with Gasteiger partial charge in [-0.3, -0.25) is 9.59 Å². The van der Waals surface area contributed by atoms with E-state index < -0.39 is 17.8 Å². The van der Waals surface area contributed by atoms with E-state index in [0.717, 1.165) is 0 Å². The lowest BCUT2D eigenvalue weighted by atomic mass is 10.3. The first-order valence-corrected chi connectivity index (χ1v) is 5.69. The molecule has 0 aliphatic carbocycles. The topological polar surface area (TPSA) is 67.6 Å². The summed E-state index contributed by atoms with van der Waals surface area (Å²) in [6.07, 6.45) is 3.60. The van der Waals surface area contributed by atoms with Crippen LogP contribution in [0.3, 0.4) is 0 Å². The maximum absolute atomic E-state index is 11.8. The molecule has 1 saturated heterocycles. The minimum atomic E-state index is -0.707. The molecule has 18 heavy (non-hydrogen) atoms. The average Bonchev–Trinajstić information content (AvgIpc) is 2.70. The average molecular weight is 249 g/mol. The van der Waals surface area contributed by atoms with Gasteiger partial charge in [0.2, 0.25) is 0 Å². The van der Waals surface area contributed by atoms with Crippen molar-refractivity contribution in [3.8, 4) is 0 Å². The first-order chi connectivity index (χ1) is 8.61. The highest BCUT2D eigenvalue weighted by molar-refractivity contribution is 6.02. The number of carbonyl (C=O) groups is 3. The number of hydroxylamine groups is 2. The molecule has 6 heteroatoms. The predicted octanol–water partition coefficient (Wildman–Crippen LogP) is 0.215. The Hall–Kier alpha value is -2.24. The van der Waals surface area contributed by atoms with Crippen molar-refractivity contribution < 1.29 is 23.8 Å². The first kappa shape index (κ1) is 12.2. The molecule has 1 aliphatic rings. The summed E-state index contributed by atoms with van der Waals surface area (Å²) in [7, 11) is 0. The highest BCUT2D eigenvalue weighted by atomic mass is 16.7. The number of hydrogen-bond donors (Lipinski definition) is 0. The smallest absolute Gasteiger partial charge is 0.325 e. The van der Waals surface area contributed by atoms with Gasteiger partial charge in [0.15, 0.2) is 12.4 Å². The Morgan fingerprint density at radius 2 is 2.06 bits per heavy atom. The summed E-state index contributed by atoms with van der Waals surface area (Å²) in [5.74, 6) is -1.67. The third-order valence-electron chi connectivity index (χ3n) is 2.64. The molecular weight excluding hydrogens is 236 g/mol. The third-order valence-corrected chi connectivity index (χ3v) is 2.64. The second kappa shape index (κ2) is 4.95. The zero-order valence-electron chi connectivity index (χ0n) is 9.96. The number of nitrogens with zero attached hydrogens (tertiary/aromatic N) is 2. The Morgan fingerprint density at radius 3 is 2.67 bits per heavy atom. The number of aromatic nitrogens is 1. The van der Waals surface area contributed by atoms with Crippen LogP contribution in [0.4, 0.5) is 0 Å². The predicted molar refractivity (Wildman–Crippen MR) is 58.8 cm³/mol. The van der Waals surface area contributed by atoms with Gasteiger partial charge in [-0.1, -0.05) is 0 Å². The number of hydrogen-bond acceptors (Lipinski definition) is 4. The summed E-state index contributed by atoms with van der Waals surface area (Å²) in [5, 5.41) is 0.547. The van der Waals surface area contributed by atoms with Crippen molar-refractivity contribution in [1.29, 1.82) is 0 Å². The Balaban J connectivity index is 2.12. The fraction of sp³-hybridized carbons (Fsp3) is 0.333. The zero-order valence-corrected chi connectivity index (χ0v) is 9.96. The van der Waals surface area contributed by atoms with E-state index in [4.69, 9.17) is 4.84 Å². The van der Waals surface area contributed by atoms with Crippen molar-refractivity contribution >= 4 is 17.8 Å². The maximum Gasteiger partial charge on any atom is 0.369 e. The minimum Gasteiger partial charge on any atom is -0.325 e. The molecule has 6 nitrogen and oxygen atoms in total. The lowest BCUT2D eigenvalue weighted by molar-refractivity contribution is -0.693. The monoisotopic (exact) mass is 249 g/mol. The van der Waals surface area contributed by atoms with Crippen molar-refractivity contribution in [2.24, 2.45) is 0 Å². The van der Waals surface area contributed by atoms with Crippen LogP contribution in [-0.2, 0) is 21.0 Å². The summed E-state index contributed by atoms with van der Waals surface area (Å²) in [4.78, 5) is 39.2. The first-order valence-electron chi connectivity index (χ1n) is 5.69. The van der Waals surface area contributed by atoms with Gasteiger partial charge in [0.25, 0.3) is 11.8 Å². The van der Waals surface area contributed by atoms with Gasteiger partial charge >= 0.3 is 5.97 Å². The molecule has 2 heterocycles. The Kier molecular flexibility index (Phi) is 3.36. The molecule has 0 unspecified atom stereocenters. The van der Waals surface area contributed by atoms with E-state index in [9.17, 15) is 14.4 Å². The van der Waals surface area contributed by atoms with Crippen molar-refractivity contribution in [3.05, 3.63) is 30.1 Å². The summed E-state index contributed by atoms with van der Waals surface area (Å²) in [5.41, 5.74) is 0.298. The number of rotatable bonds is 3. The number of pyridine rings is 1. The van der Waals surface area contributed by atoms with E-state index in [2.05, 4.69) is 0 Å². The van der Waals surface area contributed by atoms with Crippen LogP contribution >= 0.6 is 0 Å². The zero-order chi connectivity index (χ0) is 13.1. The molecule has 2 rings (SSSR count). The second-order valence-electron chi connectivity index (χ2n) is 3.88. The number of amides is 2. The fourth-order valence-electron chi connectivity index (χ4n) is 1.63. The van der Waals surface area contributed by atoms with Gasteiger partial charge in [-0.2, -0.15) is 0 Å². The molecule has 0 spiro atoms. The highest BCUT2D eigenvalue weighted by Gasteiger charge is 2.33. The van der Waals surface area contributed by atoms with Crippen molar-refractivity contribution in [2.75, 3.05) is 0 Å². The van der Waals surface area contributed by atoms with E-state index in [1.165, 1.54) is 0 Å². The number of carbonyl (C=O) groups excluding carboxylic acids is 3. The van der Waals surface area contributed by atoms with E-state index in [0.29, 0.717) is 17.2 Å². The van der Waals surface area contributed by atoms with Crippen LogP contribution in [-0.4, -0.2) is 22.8 Å². The summed E-state index contributed by atoms with van der Waals surface area (Å²) in [6.45, 7) is 2.64. The van der Waals surface area contributed by atoms with Gasteiger partial charge in [-0.05, 0) is 13.0 Å². The largest absolute Gasteiger partial charge is 0.369 e. The second-order valence-corrected chi connectivity index (χ2v) is 3.88. The molecular formula is C12H13N2O4+. The van der Waals surface area contributed by atoms with Gasteiger partial charge in [-0.25, -0.2) is 9.36 Å². The van der Waals surface area contributed by atoms with Crippen LogP contribution in [0, 0.1) is 0 Å². The quantitative estimate of drug-likeness (QED) is 0.567. The summed E-state index contributed by atoms with van der Waals surface area (Å²) < 4.78 is 1.80. The van der Waals surface area contributed by atoms with Crippen LogP contribution in [0.25, 0.3) is 0 Å². The highest BCUT2D eigenvalue weighted by Crippen LogP contribution is 2.13. The molecule has 0 bridgehead atoms. The fourth-order valence-corrected chi connectivity index (χ4v) is 1.63. The normalized spacial score (nSPS) is 15.1. The van der Waals surface area contributed by atoms with Crippen LogP contribution in [0.2, 0.25) is 0 Å². The molecule has 0 N–H and O–H groups in total. The minimum absolute atomic E-state index is 0.0931. The molecule has 94 valence electrons. The van der Waals surface area contributed by atoms with E-state index in [1.54, 1.807) is 22.9 Å². The van der Waals surface area contributed by atoms with Crippen LogP contribution in [0.15, 0.2) is 24.5 Å². The van der Waals surface area contributed by atoms with E-state index >= 15 is 0 Å². The Labute approximate surface area is 104 Å². The van der Waals surface area contributed by atoms with Gasteiger partial charge in [0.1, 0.15) is 12.1 Å². The Bertz CT molecular complexity index is 497. The van der Waals surface area contributed by atoms with Crippen molar-refractivity contribution in [3.63, 3.8) is 0 Å². The van der Waals surface area contributed by atoms with Crippen LogP contribution in [0.5, 0.6) is 0 Å². The lowest BCUT2D eigenvalue weighted by Gasteiger charge is -2.11. The third kappa shape index (κ3) is 2.37. The number of imide groups is 1. The molecule has 1 aliphatic heterocycles. The van der Waals surface area contributed by atoms with Gasteiger partial charge in [0.05, 0.1) is 0 Å². The molecule has 1 aromatic heterocycles. The standard InChI is InChI=1S/C12H13N2O4/c1-2-13-7-3-4-9(8-13)12(17)18-14-10(15)5-6-11(14)16/h3-4,7-8H,2,5-6H2,1H3/q+1. The van der Waals surface area contributed by atoms with E-state index in [-0.39, 0.29) is 12.8 Å². The summed E-state index contributed by atoms with van der Waals surface area (Å²) in [6, 6.07) is 3.27. The van der Waals surface area contributed by atoms with E-state index in [1.807, 2.05) is 13.1 Å². The molecule has 1 aromatic rings. The van der Waals surface area contributed by atoms with Crippen LogP contribution < -0.4 is 4.57 Å². The number of aryl methyl sites for hydroxylation is 1. The van der Waals surface area contributed by atoms with Gasteiger partial charge < -0.3 is 4.84 Å². The molecule has 0 atom stereocenters. The van der Waals surface area contributed by atoms with Gasteiger partial charge in [0, 0.05) is 18.9 Å². The summed E-state index contributed by atoms with van der Waals surface area (Å²) >= 11 is 0. The lowest BCUT2D eigenvalue weighted by Crippen LogP contribution is -2.35. The molecule has 2 amide bonds. The van der Waals surface area contributed by atoms with Crippen LogP contribution in [0.1, 0.15) is 30.1 Å².